The van der Waals surface area contributed by atoms with Crippen LogP contribution in [0.15, 0.2) is 79.1 Å². The lowest BCUT2D eigenvalue weighted by molar-refractivity contribution is -0.605. The number of amides is 1. The Balaban J connectivity index is 1.82. The molecule has 32 heavy (non-hydrogen) atoms. The lowest BCUT2D eigenvalue weighted by Crippen LogP contribution is -2.36. The molecule has 1 atom stereocenters. The molecule has 2 heterocycles. The summed E-state index contributed by atoms with van der Waals surface area (Å²) in [5.74, 6) is -1.24. The first-order valence-corrected chi connectivity index (χ1v) is 9.80. The Bertz CT molecular complexity index is 1290. The van der Waals surface area contributed by atoms with Gasteiger partial charge in [-0.25, -0.2) is 9.78 Å². The molecule has 0 saturated carbocycles. The number of nitrogens with zero attached hydrogens (tertiary/aromatic N) is 2. The molecule has 0 aliphatic rings. The fourth-order valence-corrected chi connectivity index (χ4v) is 3.50. The SMILES string of the molecule is COC(=O)C(NC(=O)c1c(N)c(-c2ccccc2)nc2ccccc12)c1cc[n+]([O-])cc1. The Morgan fingerprint density at radius 2 is 1.69 bits per heavy atom. The molecule has 8 nitrogen and oxygen atoms in total. The smallest absolute Gasteiger partial charge is 0.333 e. The van der Waals surface area contributed by atoms with Gasteiger partial charge in [-0.05, 0) is 11.6 Å². The van der Waals surface area contributed by atoms with Crippen LogP contribution in [0.5, 0.6) is 0 Å². The number of nitrogen functional groups attached to an aromatic ring is 1. The van der Waals surface area contributed by atoms with E-state index < -0.39 is 17.9 Å². The maximum absolute atomic E-state index is 13.4. The highest BCUT2D eigenvalue weighted by molar-refractivity contribution is 6.13. The number of pyridine rings is 2. The second-order valence-corrected chi connectivity index (χ2v) is 7.05. The molecular formula is C24H20N4O4. The highest BCUT2D eigenvalue weighted by atomic mass is 16.5. The third kappa shape index (κ3) is 3.93. The largest absolute Gasteiger partial charge is 0.619 e. The fraction of sp³-hybridized carbons (Fsp3) is 0.0833. The summed E-state index contributed by atoms with van der Waals surface area (Å²) in [4.78, 5) is 30.5. The van der Waals surface area contributed by atoms with Crippen LogP contribution in [0.3, 0.4) is 0 Å². The predicted molar refractivity (Wildman–Crippen MR) is 119 cm³/mol. The number of nitrogens with two attached hydrogens (primary N) is 1. The number of hydrogen-bond acceptors (Lipinski definition) is 6. The Morgan fingerprint density at radius 1 is 1.03 bits per heavy atom. The molecule has 2 aromatic carbocycles. The third-order valence-electron chi connectivity index (χ3n) is 5.08. The van der Waals surface area contributed by atoms with Crippen molar-refractivity contribution in [2.45, 2.75) is 6.04 Å². The molecular weight excluding hydrogens is 408 g/mol. The van der Waals surface area contributed by atoms with Crippen LogP contribution < -0.4 is 15.8 Å². The number of carbonyl (C=O) groups is 2. The van der Waals surface area contributed by atoms with Crippen molar-refractivity contribution >= 4 is 28.5 Å². The summed E-state index contributed by atoms with van der Waals surface area (Å²) in [6.07, 6.45) is 2.47. The number of rotatable bonds is 5. The number of esters is 1. The summed E-state index contributed by atoms with van der Waals surface area (Å²) in [6.45, 7) is 0. The first kappa shape index (κ1) is 20.8. The number of methoxy groups -OCH3 is 1. The van der Waals surface area contributed by atoms with Crippen molar-refractivity contribution in [2.24, 2.45) is 0 Å². The van der Waals surface area contributed by atoms with Crippen molar-refractivity contribution in [2.75, 3.05) is 12.8 Å². The molecule has 2 aromatic heterocycles. The summed E-state index contributed by atoms with van der Waals surface area (Å²) in [5.41, 5.74) is 9.06. The van der Waals surface area contributed by atoms with Crippen molar-refractivity contribution in [3.05, 3.63) is 95.5 Å². The molecule has 0 fully saturated rings. The van der Waals surface area contributed by atoms with Gasteiger partial charge in [0, 0.05) is 23.1 Å². The van der Waals surface area contributed by atoms with E-state index in [0.29, 0.717) is 26.9 Å². The fourth-order valence-electron chi connectivity index (χ4n) is 3.50. The molecule has 0 bridgehead atoms. The van der Waals surface area contributed by atoms with Gasteiger partial charge in [-0.2, -0.15) is 4.73 Å². The lowest BCUT2D eigenvalue weighted by atomic mass is 10.00. The van der Waals surface area contributed by atoms with Gasteiger partial charge in [0.05, 0.1) is 29.6 Å². The Labute approximate surface area is 183 Å². The minimum atomic E-state index is -1.12. The van der Waals surface area contributed by atoms with Gasteiger partial charge >= 0.3 is 5.97 Å². The first-order valence-electron chi connectivity index (χ1n) is 9.80. The van der Waals surface area contributed by atoms with Gasteiger partial charge in [-0.15, -0.1) is 0 Å². The van der Waals surface area contributed by atoms with Crippen LogP contribution in [-0.2, 0) is 9.53 Å². The van der Waals surface area contributed by atoms with E-state index >= 15 is 0 Å². The second kappa shape index (κ2) is 8.73. The molecule has 4 aromatic rings. The summed E-state index contributed by atoms with van der Waals surface area (Å²) in [7, 11) is 1.22. The predicted octanol–water partition coefficient (Wildman–Crippen LogP) is 2.76. The minimum absolute atomic E-state index is 0.196. The monoisotopic (exact) mass is 428 g/mol. The average molecular weight is 428 g/mol. The first-order chi connectivity index (χ1) is 15.5. The van der Waals surface area contributed by atoms with Crippen LogP contribution in [0.25, 0.3) is 22.2 Å². The highest BCUT2D eigenvalue weighted by Crippen LogP contribution is 2.32. The topological polar surface area (TPSA) is 121 Å². The van der Waals surface area contributed by atoms with Crippen LogP contribution in [0.4, 0.5) is 5.69 Å². The zero-order valence-corrected chi connectivity index (χ0v) is 17.2. The summed E-state index contributed by atoms with van der Waals surface area (Å²) in [6, 6.07) is 18.2. The molecule has 4 rings (SSSR count). The second-order valence-electron chi connectivity index (χ2n) is 7.05. The van der Waals surface area contributed by atoms with E-state index in [0.717, 1.165) is 5.56 Å². The van der Waals surface area contributed by atoms with E-state index in [1.807, 2.05) is 36.4 Å². The maximum atomic E-state index is 13.4. The number of aromatic nitrogens is 2. The Morgan fingerprint density at radius 3 is 2.38 bits per heavy atom. The van der Waals surface area contributed by atoms with E-state index in [4.69, 9.17) is 10.5 Å². The maximum Gasteiger partial charge on any atom is 0.333 e. The zero-order chi connectivity index (χ0) is 22.7. The summed E-state index contributed by atoms with van der Waals surface area (Å²) >= 11 is 0. The number of carbonyl (C=O) groups excluding carboxylic acids is 2. The number of para-hydroxylation sites is 1. The highest BCUT2D eigenvalue weighted by Gasteiger charge is 2.27. The molecule has 0 radical (unpaired) electrons. The van der Waals surface area contributed by atoms with Gasteiger partial charge in [0.25, 0.3) is 5.91 Å². The Hall–Kier alpha value is -4.46. The van der Waals surface area contributed by atoms with Gasteiger partial charge in [0.1, 0.15) is 0 Å². The average Bonchev–Trinajstić information content (AvgIpc) is 2.82. The van der Waals surface area contributed by atoms with E-state index in [2.05, 4.69) is 10.3 Å². The number of fused-ring (bicyclic) bond motifs is 1. The van der Waals surface area contributed by atoms with Crippen LogP contribution in [-0.4, -0.2) is 24.0 Å². The van der Waals surface area contributed by atoms with Crippen molar-refractivity contribution in [3.8, 4) is 11.3 Å². The van der Waals surface area contributed by atoms with E-state index in [1.54, 1.807) is 18.2 Å². The quantitative estimate of drug-likeness (QED) is 0.286. The number of benzene rings is 2. The normalized spacial score (nSPS) is 11.7. The number of ether oxygens (including phenoxy) is 1. The standard InChI is InChI=1S/C24H20N4O4/c1-32-24(30)22(16-11-13-28(31)14-12-16)27-23(29)19-17-9-5-6-10-18(17)26-21(20(19)25)15-7-3-2-4-8-15/h2-14,22H,25H2,1H3,(H,27,29). The van der Waals surface area contributed by atoms with Crippen LogP contribution in [0.2, 0.25) is 0 Å². The molecule has 0 saturated heterocycles. The summed E-state index contributed by atoms with van der Waals surface area (Å²) in [5, 5.41) is 14.6. The van der Waals surface area contributed by atoms with Crippen molar-refractivity contribution in [1.29, 1.82) is 0 Å². The van der Waals surface area contributed by atoms with Crippen LogP contribution >= 0.6 is 0 Å². The van der Waals surface area contributed by atoms with Gasteiger partial charge in [-0.3, -0.25) is 4.79 Å². The van der Waals surface area contributed by atoms with E-state index in [1.165, 1.54) is 31.6 Å². The van der Waals surface area contributed by atoms with Crippen LogP contribution in [0.1, 0.15) is 22.0 Å². The number of anilines is 1. The van der Waals surface area contributed by atoms with Gasteiger partial charge < -0.3 is 21.0 Å². The lowest BCUT2D eigenvalue weighted by Gasteiger charge is -2.19. The molecule has 0 spiro atoms. The van der Waals surface area contributed by atoms with Crippen LogP contribution in [0, 0.1) is 5.21 Å². The summed E-state index contributed by atoms with van der Waals surface area (Å²) < 4.78 is 5.45. The molecule has 0 aliphatic heterocycles. The minimum Gasteiger partial charge on any atom is -0.619 e. The van der Waals surface area contributed by atoms with Crippen molar-refractivity contribution < 1.29 is 19.1 Å². The molecule has 0 aliphatic carbocycles. The Kier molecular flexibility index (Phi) is 5.67. The molecule has 1 unspecified atom stereocenters. The van der Waals surface area contributed by atoms with E-state index in [9.17, 15) is 14.8 Å². The van der Waals surface area contributed by atoms with E-state index in [-0.39, 0.29) is 11.3 Å². The number of nitrogens with one attached hydrogen (secondary N) is 1. The van der Waals surface area contributed by atoms with Gasteiger partial charge in [0.15, 0.2) is 18.4 Å². The molecule has 8 heteroatoms. The van der Waals surface area contributed by atoms with Crippen molar-refractivity contribution in [1.82, 2.24) is 10.3 Å². The number of hydrogen-bond donors (Lipinski definition) is 2. The zero-order valence-electron chi connectivity index (χ0n) is 17.2. The molecule has 160 valence electrons. The third-order valence-corrected chi connectivity index (χ3v) is 5.08. The van der Waals surface area contributed by atoms with Gasteiger partial charge in [-0.1, -0.05) is 48.5 Å². The molecule has 3 N–H and O–H groups in total. The molecule has 1 amide bonds. The van der Waals surface area contributed by atoms with Gasteiger partial charge in [0.2, 0.25) is 0 Å². The van der Waals surface area contributed by atoms with Crippen molar-refractivity contribution in [3.63, 3.8) is 0 Å².